The molecular weight excluding hydrogens is 410 g/mol. The van der Waals surface area contributed by atoms with Crippen molar-refractivity contribution in [2.45, 2.75) is 33.7 Å². The molecule has 0 saturated heterocycles. The number of carbonyl (C=O) groups is 2. The Morgan fingerprint density at radius 1 is 0.879 bits per heavy atom. The summed E-state index contributed by atoms with van der Waals surface area (Å²) < 4.78 is 4.86. The molecule has 0 N–H and O–H groups in total. The molecule has 0 spiro atoms. The summed E-state index contributed by atoms with van der Waals surface area (Å²) in [6.07, 6.45) is 0.776. The van der Waals surface area contributed by atoms with Crippen molar-refractivity contribution >= 4 is 28.7 Å². The van der Waals surface area contributed by atoms with Gasteiger partial charge < -0.3 is 9.64 Å². The number of para-hydroxylation sites is 1. The van der Waals surface area contributed by atoms with Crippen LogP contribution in [-0.4, -0.2) is 19.0 Å². The van der Waals surface area contributed by atoms with Crippen LogP contribution in [0.2, 0.25) is 0 Å². The summed E-state index contributed by atoms with van der Waals surface area (Å²) in [6.45, 7) is 6.95. The Labute approximate surface area is 195 Å². The molecule has 3 aromatic carbocycles. The minimum Gasteiger partial charge on any atom is -0.465 e. The molecule has 1 heterocycles. The van der Waals surface area contributed by atoms with E-state index in [2.05, 4.69) is 32.9 Å². The standard InChI is InChI=1S/C29H29NO3/c1-29(2,3)18-24(21-12-6-5-7-13-21)26-23-15-8-9-16-25(23)30(27(26)31)19-20-11-10-14-22(17-20)28(32)33-4/h5-17H,18-19H2,1-4H3/b26-24+. The molecule has 0 fully saturated rings. The van der Waals surface area contributed by atoms with Gasteiger partial charge in [0.05, 0.1) is 30.5 Å². The molecular formula is C29H29NO3. The number of amides is 1. The van der Waals surface area contributed by atoms with Crippen LogP contribution < -0.4 is 4.90 Å². The quantitative estimate of drug-likeness (QED) is 0.343. The largest absolute Gasteiger partial charge is 0.465 e. The fourth-order valence-corrected chi connectivity index (χ4v) is 4.33. The van der Waals surface area contributed by atoms with Crippen LogP contribution in [0.3, 0.4) is 0 Å². The van der Waals surface area contributed by atoms with E-state index < -0.39 is 0 Å². The Bertz CT molecular complexity index is 1220. The van der Waals surface area contributed by atoms with Gasteiger partial charge in [-0.25, -0.2) is 4.79 Å². The van der Waals surface area contributed by atoms with E-state index >= 15 is 0 Å². The lowest BCUT2D eigenvalue weighted by Gasteiger charge is -2.23. The average molecular weight is 440 g/mol. The third kappa shape index (κ3) is 4.75. The third-order valence-corrected chi connectivity index (χ3v) is 5.74. The zero-order chi connectivity index (χ0) is 23.6. The number of fused-ring (bicyclic) bond motifs is 1. The van der Waals surface area contributed by atoms with Crippen molar-refractivity contribution in [3.63, 3.8) is 0 Å². The SMILES string of the molecule is COC(=O)c1cccc(CN2C(=O)/C(=C(\CC(C)(C)C)c3ccccc3)c3ccccc32)c1. The highest BCUT2D eigenvalue weighted by Gasteiger charge is 2.35. The van der Waals surface area contributed by atoms with Crippen molar-refractivity contribution in [3.05, 3.63) is 101 Å². The van der Waals surface area contributed by atoms with E-state index in [0.717, 1.165) is 39.9 Å². The molecule has 0 bridgehead atoms. The van der Waals surface area contributed by atoms with Crippen molar-refractivity contribution < 1.29 is 14.3 Å². The van der Waals surface area contributed by atoms with Gasteiger partial charge in [-0.05, 0) is 46.7 Å². The Morgan fingerprint density at radius 2 is 1.55 bits per heavy atom. The van der Waals surface area contributed by atoms with E-state index in [0.29, 0.717) is 12.1 Å². The fourth-order valence-electron chi connectivity index (χ4n) is 4.33. The normalized spacial score (nSPS) is 14.8. The summed E-state index contributed by atoms with van der Waals surface area (Å²) in [6, 6.07) is 25.4. The van der Waals surface area contributed by atoms with Gasteiger partial charge >= 0.3 is 5.97 Å². The highest BCUT2D eigenvalue weighted by atomic mass is 16.5. The number of ether oxygens (including phenoxy) is 1. The van der Waals surface area contributed by atoms with Gasteiger partial charge in [-0.2, -0.15) is 0 Å². The number of hydrogen-bond donors (Lipinski definition) is 0. The summed E-state index contributed by atoms with van der Waals surface area (Å²) >= 11 is 0. The second-order valence-corrected chi connectivity index (χ2v) is 9.56. The van der Waals surface area contributed by atoms with Crippen molar-refractivity contribution in [1.82, 2.24) is 0 Å². The first-order valence-corrected chi connectivity index (χ1v) is 11.2. The van der Waals surface area contributed by atoms with E-state index in [1.165, 1.54) is 7.11 Å². The van der Waals surface area contributed by atoms with E-state index in [9.17, 15) is 9.59 Å². The van der Waals surface area contributed by atoms with Crippen molar-refractivity contribution in [3.8, 4) is 0 Å². The summed E-state index contributed by atoms with van der Waals surface area (Å²) in [5.41, 5.74) is 6.10. The molecule has 4 rings (SSSR count). The van der Waals surface area contributed by atoms with Crippen molar-refractivity contribution in [1.29, 1.82) is 0 Å². The molecule has 4 nitrogen and oxygen atoms in total. The number of benzene rings is 3. The molecule has 3 aromatic rings. The molecule has 0 aromatic heterocycles. The molecule has 168 valence electrons. The molecule has 0 aliphatic carbocycles. The van der Waals surface area contributed by atoms with Crippen LogP contribution >= 0.6 is 0 Å². The molecule has 33 heavy (non-hydrogen) atoms. The number of carbonyl (C=O) groups excluding carboxylic acids is 2. The summed E-state index contributed by atoms with van der Waals surface area (Å²) in [7, 11) is 1.37. The Morgan fingerprint density at radius 3 is 2.24 bits per heavy atom. The molecule has 0 atom stereocenters. The molecule has 0 radical (unpaired) electrons. The van der Waals surface area contributed by atoms with Gasteiger partial charge in [0, 0.05) is 5.56 Å². The first kappa shape index (κ1) is 22.5. The monoisotopic (exact) mass is 439 g/mol. The number of anilines is 1. The van der Waals surface area contributed by atoms with Crippen LogP contribution in [0.1, 0.15) is 54.2 Å². The van der Waals surface area contributed by atoms with Crippen molar-refractivity contribution in [2.24, 2.45) is 5.41 Å². The highest BCUT2D eigenvalue weighted by Crippen LogP contribution is 2.44. The van der Waals surface area contributed by atoms with E-state index in [-0.39, 0.29) is 17.3 Å². The summed E-state index contributed by atoms with van der Waals surface area (Å²) in [4.78, 5) is 27.7. The molecule has 0 unspecified atom stereocenters. The lowest BCUT2D eigenvalue weighted by atomic mass is 9.82. The fraction of sp³-hybridized carbons (Fsp3) is 0.241. The second-order valence-electron chi connectivity index (χ2n) is 9.56. The zero-order valence-electron chi connectivity index (χ0n) is 19.6. The number of methoxy groups -OCH3 is 1. The number of esters is 1. The lowest BCUT2D eigenvalue weighted by Crippen LogP contribution is -2.26. The minimum atomic E-state index is -0.387. The van der Waals surface area contributed by atoms with Crippen LogP contribution in [0, 0.1) is 5.41 Å². The summed E-state index contributed by atoms with van der Waals surface area (Å²) in [5.74, 6) is -0.398. The maximum atomic E-state index is 13.9. The van der Waals surface area contributed by atoms with E-state index in [4.69, 9.17) is 4.74 Å². The van der Waals surface area contributed by atoms with Crippen LogP contribution in [0.25, 0.3) is 11.1 Å². The third-order valence-electron chi connectivity index (χ3n) is 5.74. The van der Waals surface area contributed by atoms with Crippen LogP contribution in [-0.2, 0) is 16.1 Å². The summed E-state index contributed by atoms with van der Waals surface area (Å²) in [5, 5.41) is 0. The number of nitrogens with zero attached hydrogens (tertiary/aromatic N) is 1. The molecule has 1 amide bonds. The topological polar surface area (TPSA) is 46.6 Å². The van der Waals surface area contributed by atoms with Gasteiger partial charge in [0.15, 0.2) is 0 Å². The van der Waals surface area contributed by atoms with Crippen LogP contribution in [0.15, 0.2) is 78.9 Å². The van der Waals surface area contributed by atoms with Crippen LogP contribution in [0.5, 0.6) is 0 Å². The molecule has 1 aliphatic rings. The first-order valence-electron chi connectivity index (χ1n) is 11.2. The van der Waals surface area contributed by atoms with E-state index in [1.807, 2.05) is 59.5 Å². The number of hydrogen-bond acceptors (Lipinski definition) is 3. The molecule has 1 aliphatic heterocycles. The Hall–Kier alpha value is -3.66. The van der Waals surface area contributed by atoms with Gasteiger partial charge in [0.25, 0.3) is 5.91 Å². The lowest BCUT2D eigenvalue weighted by molar-refractivity contribution is -0.113. The van der Waals surface area contributed by atoms with Crippen LogP contribution in [0.4, 0.5) is 5.69 Å². The first-order chi connectivity index (χ1) is 15.8. The number of allylic oxidation sites excluding steroid dienone is 1. The highest BCUT2D eigenvalue weighted by molar-refractivity contribution is 6.37. The maximum absolute atomic E-state index is 13.9. The second kappa shape index (κ2) is 9.07. The van der Waals surface area contributed by atoms with E-state index in [1.54, 1.807) is 12.1 Å². The average Bonchev–Trinajstić information content (AvgIpc) is 3.08. The molecule has 4 heteroatoms. The zero-order valence-corrected chi connectivity index (χ0v) is 19.6. The Balaban J connectivity index is 1.82. The van der Waals surface area contributed by atoms with Gasteiger partial charge in [0.2, 0.25) is 0 Å². The van der Waals surface area contributed by atoms with Gasteiger partial charge in [0.1, 0.15) is 0 Å². The predicted octanol–water partition coefficient (Wildman–Crippen LogP) is 6.37. The van der Waals surface area contributed by atoms with Gasteiger partial charge in [-0.15, -0.1) is 0 Å². The molecule has 0 saturated carbocycles. The smallest absolute Gasteiger partial charge is 0.337 e. The number of rotatable bonds is 5. The minimum absolute atomic E-state index is 0.00959. The predicted molar refractivity (Wildman–Crippen MR) is 133 cm³/mol. The Kier molecular flexibility index (Phi) is 6.19. The van der Waals surface area contributed by atoms with Gasteiger partial charge in [-0.1, -0.05) is 81.4 Å². The van der Waals surface area contributed by atoms with Crippen molar-refractivity contribution in [2.75, 3.05) is 12.0 Å². The maximum Gasteiger partial charge on any atom is 0.337 e. The van der Waals surface area contributed by atoms with Gasteiger partial charge in [-0.3, -0.25) is 4.79 Å².